The van der Waals surface area contributed by atoms with Gasteiger partial charge in [-0.25, -0.2) is 9.78 Å². The van der Waals surface area contributed by atoms with Crippen LogP contribution in [0.1, 0.15) is 38.8 Å². The molecule has 0 saturated carbocycles. The minimum atomic E-state index is -0.350. The molecule has 36 heavy (non-hydrogen) atoms. The van der Waals surface area contributed by atoms with Gasteiger partial charge >= 0.3 is 5.69 Å². The number of aryl methyl sites for hydroxylation is 1. The highest BCUT2D eigenvalue weighted by molar-refractivity contribution is 7.21. The van der Waals surface area contributed by atoms with Gasteiger partial charge in [-0.1, -0.05) is 51.1 Å². The molecule has 4 aromatic rings. The summed E-state index contributed by atoms with van der Waals surface area (Å²) in [4.78, 5) is 36.3. The molecule has 7 nitrogen and oxygen atoms in total. The van der Waals surface area contributed by atoms with Gasteiger partial charge in [0.2, 0.25) is 0 Å². The molecule has 3 heterocycles. The number of anilines is 1. The van der Waals surface area contributed by atoms with Crippen molar-refractivity contribution in [1.82, 2.24) is 19.4 Å². The first kappa shape index (κ1) is 24.5. The smallest absolute Gasteiger partial charge is 0.328 e. The van der Waals surface area contributed by atoms with Crippen molar-refractivity contribution in [2.24, 2.45) is 0 Å². The third-order valence-electron chi connectivity index (χ3n) is 6.93. The van der Waals surface area contributed by atoms with Gasteiger partial charge in [0.25, 0.3) is 5.56 Å². The molecule has 1 aliphatic rings. The summed E-state index contributed by atoms with van der Waals surface area (Å²) in [6, 6.07) is 15.2. The molecule has 1 aliphatic heterocycles. The predicted octanol–water partition coefficient (Wildman–Crippen LogP) is 4.45. The quantitative estimate of drug-likeness (QED) is 0.436. The van der Waals surface area contributed by atoms with Crippen LogP contribution < -0.4 is 16.1 Å². The Bertz CT molecular complexity index is 1490. The van der Waals surface area contributed by atoms with E-state index in [1.165, 1.54) is 16.0 Å². The molecule has 0 unspecified atom stereocenters. The van der Waals surface area contributed by atoms with Crippen molar-refractivity contribution in [3.05, 3.63) is 80.6 Å². The van der Waals surface area contributed by atoms with Gasteiger partial charge in [-0.3, -0.25) is 14.7 Å². The molecule has 1 fully saturated rings. The number of nitrogens with one attached hydrogen (secondary N) is 1. The fourth-order valence-corrected chi connectivity index (χ4v) is 5.71. The number of benzene rings is 2. The number of nitrogens with zero attached hydrogens (tertiary/aromatic N) is 4. The number of piperazine rings is 1. The molecule has 8 heteroatoms. The zero-order chi connectivity index (χ0) is 25.4. The van der Waals surface area contributed by atoms with Crippen LogP contribution in [0.15, 0.2) is 58.3 Å². The monoisotopic (exact) mass is 503 g/mol. The van der Waals surface area contributed by atoms with Crippen molar-refractivity contribution in [3.8, 4) is 10.6 Å². The lowest BCUT2D eigenvalue weighted by Gasteiger charge is -2.36. The molecular formula is C28H33N5O2S. The number of thiazole rings is 1. The van der Waals surface area contributed by atoms with Gasteiger partial charge in [-0.2, -0.15) is 0 Å². The van der Waals surface area contributed by atoms with Crippen LogP contribution in [-0.4, -0.2) is 45.6 Å². The Labute approximate surface area is 215 Å². The van der Waals surface area contributed by atoms with Crippen LogP contribution in [0.4, 0.5) is 5.69 Å². The van der Waals surface area contributed by atoms with Crippen molar-refractivity contribution in [2.75, 3.05) is 31.1 Å². The van der Waals surface area contributed by atoms with E-state index < -0.39 is 0 Å². The van der Waals surface area contributed by atoms with Crippen LogP contribution in [0.25, 0.3) is 20.8 Å². The molecule has 5 rings (SSSR count). The summed E-state index contributed by atoms with van der Waals surface area (Å²) in [5, 5.41) is 1.04. The summed E-state index contributed by atoms with van der Waals surface area (Å²) < 4.78 is 2.74. The normalized spacial score (nSPS) is 15.1. The molecule has 0 atom stereocenters. The van der Waals surface area contributed by atoms with Gasteiger partial charge in [-0.15, -0.1) is 11.3 Å². The fourth-order valence-electron chi connectivity index (χ4n) is 4.72. The number of rotatable bonds is 5. The number of hydrogen-bond donors (Lipinski definition) is 1. The zero-order valence-corrected chi connectivity index (χ0v) is 22.2. The lowest BCUT2D eigenvalue weighted by Crippen LogP contribution is -2.47. The van der Waals surface area contributed by atoms with E-state index in [9.17, 15) is 9.59 Å². The first-order valence-electron chi connectivity index (χ1n) is 12.5. The molecule has 0 radical (unpaired) electrons. The number of aromatic nitrogens is 3. The van der Waals surface area contributed by atoms with Crippen LogP contribution in [-0.2, 0) is 18.5 Å². The van der Waals surface area contributed by atoms with Gasteiger partial charge < -0.3 is 9.47 Å². The van der Waals surface area contributed by atoms with Gasteiger partial charge in [0.05, 0.1) is 10.4 Å². The average molecular weight is 504 g/mol. The Hall–Kier alpha value is -3.23. The summed E-state index contributed by atoms with van der Waals surface area (Å²) in [7, 11) is 0. The maximum Gasteiger partial charge on any atom is 0.328 e. The second-order valence-electron chi connectivity index (χ2n) is 10.4. The summed E-state index contributed by atoms with van der Waals surface area (Å²) in [5.41, 5.74) is 4.81. The standard InChI is InChI=1S/C28H33N5O2S/c1-5-32-18-20(25(34)30-27(32)35)17-31-13-15-33(16-14-31)22-7-6-8-23-24(22)29-26(36-23)19-9-11-21(12-10-19)28(2,3)4/h6-12,18H,5,13-17H2,1-4H3,(H,30,34,35). The van der Waals surface area contributed by atoms with Crippen molar-refractivity contribution in [3.63, 3.8) is 0 Å². The fraction of sp³-hybridized carbons (Fsp3) is 0.393. The predicted molar refractivity (Wildman–Crippen MR) is 148 cm³/mol. The van der Waals surface area contributed by atoms with Crippen LogP contribution in [0, 0.1) is 0 Å². The van der Waals surface area contributed by atoms with Gasteiger partial charge in [0, 0.05) is 56.6 Å². The first-order chi connectivity index (χ1) is 17.2. The van der Waals surface area contributed by atoms with E-state index >= 15 is 0 Å². The molecule has 2 aromatic carbocycles. The van der Waals surface area contributed by atoms with Crippen molar-refractivity contribution < 1.29 is 0 Å². The molecule has 1 N–H and O–H groups in total. The minimum Gasteiger partial charge on any atom is -0.367 e. The third-order valence-corrected chi connectivity index (χ3v) is 8.00. The molecular weight excluding hydrogens is 470 g/mol. The minimum absolute atomic E-state index is 0.131. The average Bonchev–Trinajstić information content (AvgIpc) is 3.30. The third kappa shape index (κ3) is 4.88. The van der Waals surface area contributed by atoms with Gasteiger partial charge in [-0.05, 0) is 30.0 Å². The summed E-state index contributed by atoms with van der Waals surface area (Å²) in [5.74, 6) is 0. The Balaban J connectivity index is 1.32. The largest absolute Gasteiger partial charge is 0.367 e. The molecule has 0 aliphatic carbocycles. The molecule has 188 valence electrons. The lowest BCUT2D eigenvalue weighted by atomic mass is 9.87. The van der Waals surface area contributed by atoms with E-state index in [1.54, 1.807) is 22.1 Å². The molecule has 0 bridgehead atoms. The SMILES string of the molecule is CCn1cc(CN2CCN(c3cccc4sc(-c5ccc(C(C)(C)C)cc5)nc34)CC2)c(=O)[nH]c1=O. The van der Waals surface area contributed by atoms with E-state index in [4.69, 9.17) is 4.98 Å². The second kappa shape index (κ2) is 9.67. The molecule has 0 spiro atoms. The molecule has 2 aromatic heterocycles. The highest BCUT2D eigenvalue weighted by atomic mass is 32.1. The van der Waals surface area contributed by atoms with Crippen molar-refractivity contribution in [1.29, 1.82) is 0 Å². The van der Waals surface area contributed by atoms with Crippen LogP contribution in [0.5, 0.6) is 0 Å². The highest BCUT2D eigenvalue weighted by Gasteiger charge is 2.22. The summed E-state index contributed by atoms with van der Waals surface area (Å²) in [6.45, 7) is 13.1. The van der Waals surface area contributed by atoms with Gasteiger partial charge in [0.1, 0.15) is 10.5 Å². The van der Waals surface area contributed by atoms with E-state index in [-0.39, 0.29) is 16.7 Å². The molecule has 0 amide bonds. The topological polar surface area (TPSA) is 74.2 Å². The van der Waals surface area contributed by atoms with Crippen LogP contribution in [0.2, 0.25) is 0 Å². The van der Waals surface area contributed by atoms with E-state index in [1.807, 2.05) is 6.92 Å². The number of fused-ring (bicyclic) bond motifs is 1. The Morgan fingerprint density at radius 1 is 1.00 bits per heavy atom. The van der Waals surface area contributed by atoms with Crippen LogP contribution >= 0.6 is 11.3 Å². The number of H-pyrrole nitrogens is 1. The van der Waals surface area contributed by atoms with E-state index in [0.717, 1.165) is 42.3 Å². The first-order valence-corrected chi connectivity index (χ1v) is 13.3. The Morgan fingerprint density at radius 3 is 2.39 bits per heavy atom. The van der Waals surface area contributed by atoms with E-state index in [0.29, 0.717) is 18.7 Å². The Kier molecular flexibility index (Phi) is 6.57. The number of aromatic amines is 1. The lowest BCUT2D eigenvalue weighted by molar-refractivity contribution is 0.248. The van der Waals surface area contributed by atoms with Crippen molar-refractivity contribution in [2.45, 2.75) is 46.2 Å². The van der Waals surface area contributed by atoms with E-state index in [2.05, 4.69) is 78.0 Å². The van der Waals surface area contributed by atoms with Gasteiger partial charge in [0.15, 0.2) is 0 Å². The number of hydrogen-bond acceptors (Lipinski definition) is 6. The summed E-state index contributed by atoms with van der Waals surface area (Å²) in [6.07, 6.45) is 1.69. The maximum atomic E-state index is 12.3. The summed E-state index contributed by atoms with van der Waals surface area (Å²) >= 11 is 1.74. The van der Waals surface area contributed by atoms with Crippen molar-refractivity contribution >= 4 is 27.2 Å². The maximum absolute atomic E-state index is 12.3. The highest BCUT2D eigenvalue weighted by Crippen LogP contribution is 2.36. The second-order valence-corrected chi connectivity index (χ2v) is 11.5. The Morgan fingerprint density at radius 2 is 1.72 bits per heavy atom. The zero-order valence-electron chi connectivity index (χ0n) is 21.4. The molecule has 1 saturated heterocycles. The van der Waals surface area contributed by atoms with Crippen LogP contribution in [0.3, 0.4) is 0 Å². The number of para-hydroxylation sites is 1.